The molecule has 0 unspecified atom stereocenters. The fourth-order valence-corrected chi connectivity index (χ4v) is 1.60. The number of aromatic amines is 1. The van der Waals surface area contributed by atoms with E-state index in [1.165, 1.54) is 0 Å². The molecule has 0 aliphatic heterocycles. The Kier molecular flexibility index (Phi) is 1.85. The fourth-order valence-electron chi connectivity index (χ4n) is 1.41. The monoisotopic (exact) mass is 193 g/mol. The molecule has 0 bridgehead atoms. The lowest BCUT2D eigenvalue weighted by Crippen LogP contribution is -2.05. The van der Waals surface area contributed by atoms with Gasteiger partial charge in [-0.25, -0.2) is 0 Å². The van der Waals surface area contributed by atoms with Gasteiger partial charge in [0.2, 0.25) is 0 Å². The van der Waals surface area contributed by atoms with Gasteiger partial charge >= 0.3 is 0 Å². The number of halogens is 1. The second-order valence-electron chi connectivity index (χ2n) is 2.98. The third kappa shape index (κ3) is 1.33. The highest BCUT2D eigenvalue weighted by Gasteiger charge is 2.01. The number of hydrogen-bond acceptors (Lipinski definition) is 1. The van der Waals surface area contributed by atoms with E-state index < -0.39 is 0 Å². The highest BCUT2D eigenvalue weighted by atomic mass is 35.5. The van der Waals surface area contributed by atoms with Crippen molar-refractivity contribution in [3.05, 3.63) is 45.3 Å². The maximum absolute atomic E-state index is 11.4. The molecule has 1 N–H and O–H groups in total. The zero-order valence-electron chi connectivity index (χ0n) is 7.10. The summed E-state index contributed by atoms with van der Waals surface area (Å²) < 4.78 is 0. The van der Waals surface area contributed by atoms with E-state index >= 15 is 0 Å². The number of hydrogen-bond donors (Lipinski definition) is 1. The van der Waals surface area contributed by atoms with Crippen LogP contribution in [-0.2, 0) is 0 Å². The van der Waals surface area contributed by atoms with Crippen molar-refractivity contribution in [2.75, 3.05) is 0 Å². The highest BCUT2D eigenvalue weighted by molar-refractivity contribution is 6.30. The summed E-state index contributed by atoms with van der Waals surface area (Å²) in [6, 6.07) is 7.38. The van der Waals surface area contributed by atoms with Gasteiger partial charge in [-0.15, -0.1) is 0 Å². The molecule has 0 aliphatic carbocycles. The molecule has 2 rings (SSSR count). The average molecular weight is 194 g/mol. The van der Waals surface area contributed by atoms with E-state index in [0.717, 1.165) is 10.9 Å². The van der Waals surface area contributed by atoms with Crippen LogP contribution in [0.15, 0.2) is 29.1 Å². The molecule has 1 aromatic carbocycles. The van der Waals surface area contributed by atoms with Crippen LogP contribution in [0.4, 0.5) is 0 Å². The second kappa shape index (κ2) is 2.89. The standard InChI is InChI=1S/C10H8ClNO/c1-6-3-2-4-7-8(6)5-9(11)12-10(7)13/h2-5H,1H3,(H,12,13). The van der Waals surface area contributed by atoms with E-state index in [1.807, 2.05) is 19.1 Å². The Morgan fingerprint density at radius 3 is 2.85 bits per heavy atom. The minimum atomic E-state index is -0.133. The van der Waals surface area contributed by atoms with Gasteiger partial charge in [-0.2, -0.15) is 0 Å². The molecule has 1 heterocycles. The maximum atomic E-state index is 11.4. The number of benzene rings is 1. The molecule has 0 saturated carbocycles. The largest absolute Gasteiger partial charge is 0.312 e. The zero-order chi connectivity index (χ0) is 9.42. The summed E-state index contributed by atoms with van der Waals surface area (Å²) in [4.78, 5) is 14.0. The first kappa shape index (κ1) is 8.32. The van der Waals surface area contributed by atoms with Gasteiger partial charge in [0.15, 0.2) is 0 Å². The van der Waals surface area contributed by atoms with Crippen molar-refractivity contribution in [3.63, 3.8) is 0 Å². The zero-order valence-corrected chi connectivity index (χ0v) is 7.85. The first-order valence-electron chi connectivity index (χ1n) is 3.96. The summed E-state index contributed by atoms with van der Waals surface area (Å²) >= 11 is 5.74. The fraction of sp³-hybridized carbons (Fsp3) is 0.100. The third-order valence-corrected chi connectivity index (χ3v) is 2.28. The quantitative estimate of drug-likeness (QED) is 0.641. The van der Waals surface area contributed by atoms with Gasteiger partial charge in [-0.3, -0.25) is 4.79 Å². The number of aryl methyl sites for hydroxylation is 1. The molecule has 2 nitrogen and oxygen atoms in total. The molecule has 66 valence electrons. The molecule has 0 atom stereocenters. The molecule has 1 aromatic heterocycles. The first-order valence-corrected chi connectivity index (χ1v) is 4.34. The van der Waals surface area contributed by atoms with Gasteiger partial charge in [0.05, 0.1) is 0 Å². The molecule has 0 amide bonds. The Hall–Kier alpha value is -1.28. The van der Waals surface area contributed by atoms with Crippen LogP contribution in [0.1, 0.15) is 5.56 Å². The lowest BCUT2D eigenvalue weighted by molar-refractivity contribution is 1.27. The van der Waals surface area contributed by atoms with E-state index in [2.05, 4.69) is 4.98 Å². The molecular formula is C10H8ClNO. The van der Waals surface area contributed by atoms with Crippen molar-refractivity contribution in [3.8, 4) is 0 Å². The van der Waals surface area contributed by atoms with Gasteiger partial charge in [-0.1, -0.05) is 23.7 Å². The van der Waals surface area contributed by atoms with Crippen LogP contribution in [0.2, 0.25) is 5.15 Å². The van der Waals surface area contributed by atoms with Gasteiger partial charge < -0.3 is 4.98 Å². The summed E-state index contributed by atoms with van der Waals surface area (Å²) in [7, 11) is 0. The number of H-pyrrole nitrogens is 1. The molecule has 2 aromatic rings. The van der Waals surface area contributed by atoms with Crippen LogP contribution in [0, 0.1) is 6.92 Å². The van der Waals surface area contributed by atoms with Crippen LogP contribution in [0.25, 0.3) is 10.8 Å². The Morgan fingerprint density at radius 1 is 1.31 bits per heavy atom. The highest BCUT2D eigenvalue weighted by Crippen LogP contribution is 2.16. The SMILES string of the molecule is Cc1cccc2c(=O)[nH]c(Cl)cc12. The van der Waals surface area contributed by atoms with Crippen molar-refractivity contribution < 1.29 is 0 Å². The predicted molar refractivity (Wildman–Crippen MR) is 54.3 cm³/mol. The minimum absolute atomic E-state index is 0.133. The smallest absolute Gasteiger partial charge is 0.256 e. The van der Waals surface area contributed by atoms with Gasteiger partial charge in [-0.05, 0) is 30.0 Å². The van der Waals surface area contributed by atoms with Crippen LogP contribution >= 0.6 is 11.6 Å². The Bertz CT molecular complexity index is 516. The van der Waals surface area contributed by atoms with Gasteiger partial charge in [0.25, 0.3) is 5.56 Å². The molecule has 0 spiro atoms. The third-order valence-electron chi connectivity index (χ3n) is 2.07. The van der Waals surface area contributed by atoms with E-state index in [-0.39, 0.29) is 5.56 Å². The van der Waals surface area contributed by atoms with E-state index in [1.54, 1.807) is 12.1 Å². The summed E-state index contributed by atoms with van der Waals surface area (Å²) in [5.74, 6) is 0. The summed E-state index contributed by atoms with van der Waals surface area (Å²) in [6.45, 7) is 1.96. The Labute approximate surface area is 80.2 Å². The topological polar surface area (TPSA) is 32.9 Å². The average Bonchev–Trinajstić information content (AvgIpc) is 2.07. The maximum Gasteiger partial charge on any atom is 0.256 e. The van der Waals surface area contributed by atoms with Crippen molar-refractivity contribution in [1.82, 2.24) is 4.98 Å². The van der Waals surface area contributed by atoms with Crippen LogP contribution in [0.5, 0.6) is 0 Å². The molecule has 13 heavy (non-hydrogen) atoms. The van der Waals surface area contributed by atoms with Crippen LogP contribution in [0.3, 0.4) is 0 Å². The van der Waals surface area contributed by atoms with Crippen molar-refractivity contribution >= 4 is 22.4 Å². The minimum Gasteiger partial charge on any atom is -0.312 e. The number of pyridine rings is 1. The van der Waals surface area contributed by atoms with Crippen LogP contribution < -0.4 is 5.56 Å². The molecule has 0 saturated heterocycles. The Balaban J connectivity index is 3.03. The number of rotatable bonds is 0. The predicted octanol–water partition coefficient (Wildman–Crippen LogP) is 2.49. The molecule has 0 fully saturated rings. The number of nitrogens with one attached hydrogen (secondary N) is 1. The van der Waals surface area contributed by atoms with E-state index in [9.17, 15) is 4.79 Å². The number of aromatic nitrogens is 1. The lowest BCUT2D eigenvalue weighted by Gasteiger charge is -2.00. The van der Waals surface area contributed by atoms with Crippen molar-refractivity contribution in [2.45, 2.75) is 6.92 Å². The van der Waals surface area contributed by atoms with Gasteiger partial charge in [0, 0.05) is 5.39 Å². The number of fused-ring (bicyclic) bond motifs is 1. The summed E-state index contributed by atoms with van der Waals surface area (Å²) in [5.41, 5.74) is 0.928. The molecule has 3 heteroatoms. The van der Waals surface area contributed by atoms with Crippen molar-refractivity contribution in [1.29, 1.82) is 0 Å². The van der Waals surface area contributed by atoms with Crippen molar-refractivity contribution in [2.24, 2.45) is 0 Å². The molecule has 0 aliphatic rings. The summed E-state index contributed by atoms with van der Waals surface area (Å²) in [6.07, 6.45) is 0. The second-order valence-corrected chi connectivity index (χ2v) is 3.39. The normalized spacial score (nSPS) is 10.6. The first-order chi connectivity index (χ1) is 6.18. The Morgan fingerprint density at radius 2 is 2.08 bits per heavy atom. The van der Waals surface area contributed by atoms with Crippen LogP contribution in [-0.4, -0.2) is 4.98 Å². The van der Waals surface area contributed by atoms with Gasteiger partial charge in [0.1, 0.15) is 5.15 Å². The van der Waals surface area contributed by atoms with E-state index in [4.69, 9.17) is 11.6 Å². The molecule has 0 radical (unpaired) electrons. The lowest BCUT2D eigenvalue weighted by atomic mass is 10.1. The van der Waals surface area contributed by atoms with E-state index in [0.29, 0.717) is 10.5 Å². The molecular weight excluding hydrogens is 186 g/mol. The summed E-state index contributed by atoms with van der Waals surface area (Å²) in [5, 5.41) is 1.98.